The third kappa shape index (κ3) is 3.56. The van der Waals surface area contributed by atoms with Crippen molar-refractivity contribution in [1.29, 1.82) is 0 Å². The summed E-state index contributed by atoms with van der Waals surface area (Å²) >= 11 is 3.38. The van der Waals surface area contributed by atoms with Gasteiger partial charge in [-0.25, -0.2) is 18.7 Å². The van der Waals surface area contributed by atoms with Gasteiger partial charge in [-0.15, -0.1) is 0 Å². The fraction of sp³-hybridized carbons (Fsp3) is 0.286. The van der Waals surface area contributed by atoms with Gasteiger partial charge in [-0.2, -0.15) is 0 Å². The Balaban J connectivity index is 2.28. The molecule has 0 aliphatic heterocycles. The molecule has 0 bridgehead atoms. The van der Waals surface area contributed by atoms with Crippen molar-refractivity contribution in [1.82, 2.24) is 9.97 Å². The Bertz CT molecular complexity index is 567. The zero-order chi connectivity index (χ0) is 13.8. The lowest BCUT2D eigenvalue weighted by Gasteiger charge is -2.07. The van der Waals surface area contributed by atoms with Crippen LogP contribution in [-0.4, -0.2) is 9.97 Å². The average Bonchev–Trinajstić information content (AvgIpc) is 2.37. The Morgan fingerprint density at radius 3 is 2.42 bits per heavy atom. The third-order valence-electron chi connectivity index (χ3n) is 2.77. The molecule has 0 saturated carbocycles. The number of aryl methyl sites for hydroxylation is 1. The van der Waals surface area contributed by atoms with E-state index in [1.807, 2.05) is 6.92 Å². The van der Waals surface area contributed by atoms with Gasteiger partial charge in [-0.3, -0.25) is 0 Å². The maximum Gasteiger partial charge on any atom is 0.132 e. The standard InChI is InChI=1S/C14H13BrF2N2/c1-2-13-10(7-15)8-18-14(19-13)5-9-3-11(16)6-12(17)4-9/h3-4,6,8H,2,5,7H2,1H3. The number of nitrogens with zero attached hydrogens (tertiary/aromatic N) is 2. The number of aromatic nitrogens is 2. The Morgan fingerprint density at radius 1 is 1.16 bits per heavy atom. The highest BCUT2D eigenvalue weighted by Gasteiger charge is 2.07. The molecule has 2 nitrogen and oxygen atoms in total. The van der Waals surface area contributed by atoms with E-state index in [1.54, 1.807) is 6.20 Å². The van der Waals surface area contributed by atoms with Gasteiger partial charge >= 0.3 is 0 Å². The van der Waals surface area contributed by atoms with E-state index in [4.69, 9.17) is 0 Å². The molecule has 0 atom stereocenters. The van der Waals surface area contributed by atoms with Gasteiger partial charge in [0.1, 0.15) is 17.5 Å². The molecule has 0 N–H and O–H groups in total. The van der Waals surface area contributed by atoms with E-state index < -0.39 is 11.6 Å². The molecule has 1 heterocycles. The molecule has 19 heavy (non-hydrogen) atoms. The lowest BCUT2D eigenvalue weighted by molar-refractivity contribution is 0.580. The summed E-state index contributed by atoms with van der Waals surface area (Å²) in [6.07, 6.45) is 2.88. The van der Waals surface area contributed by atoms with E-state index in [2.05, 4.69) is 25.9 Å². The van der Waals surface area contributed by atoms with Crippen molar-refractivity contribution in [3.8, 4) is 0 Å². The van der Waals surface area contributed by atoms with E-state index in [0.29, 0.717) is 23.1 Å². The second-order valence-electron chi connectivity index (χ2n) is 4.20. The number of rotatable bonds is 4. The van der Waals surface area contributed by atoms with Crippen LogP contribution in [0.1, 0.15) is 29.6 Å². The first-order valence-electron chi connectivity index (χ1n) is 5.97. The molecule has 100 valence electrons. The molecule has 0 radical (unpaired) electrons. The van der Waals surface area contributed by atoms with Gasteiger partial charge < -0.3 is 0 Å². The highest BCUT2D eigenvalue weighted by atomic mass is 79.9. The van der Waals surface area contributed by atoms with Gasteiger partial charge in [-0.05, 0) is 24.1 Å². The van der Waals surface area contributed by atoms with Crippen molar-refractivity contribution < 1.29 is 8.78 Å². The lowest BCUT2D eigenvalue weighted by Crippen LogP contribution is -2.03. The normalized spacial score (nSPS) is 10.7. The second-order valence-corrected chi connectivity index (χ2v) is 4.76. The highest BCUT2D eigenvalue weighted by molar-refractivity contribution is 9.08. The Morgan fingerprint density at radius 2 is 1.84 bits per heavy atom. The lowest BCUT2D eigenvalue weighted by atomic mass is 10.1. The second kappa shape index (κ2) is 6.19. The summed E-state index contributed by atoms with van der Waals surface area (Å²) in [4.78, 5) is 8.66. The van der Waals surface area contributed by atoms with Crippen LogP contribution in [0.4, 0.5) is 8.78 Å². The summed E-state index contributed by atoms with van der Waals surface area (Å²) in [6, 6.07) is 3.46. The quantitative estimate of drug-likeness (QED) is 0.798. The predicted octanol–water partition coefficient (Wildman–Crippen LogP) is 3.80. The smallest absolute Gasteiger partial charge is 0.132 e. The zero-order valence-electron chi connectivity index (χ0n) is 10.5. The van der Waals surface area contributed by atoms with Crippen molar-refractivity contribution in [3.05, 3.63) is 58.7 Å². The van der Waals surface area contributed by atoms with Crippen LogP contribution in [0.5, 0.6) is 0 Å². The number of hydrogen-bond acceptors (Lipinski definition) is 2. The number of halogens is 3. The molecule has 0 saturated heterocycles. The van der Waals surface area contributed by atoms with Crippen LogP contribution >= 0.6 is 15.9 Å². The molecule has 0 unspecified atom stereocenters. The molecular formula is C14H13BrF2N2. The Labute approximate surface area is 119 Å². The van der Waals surface area contributed by atoms with Gasteiger partial charge in [0.25, 0.3) is 0 Å². The molecule has 0 spiro atoms. The van der Waals surface area contributed by atoms with Gasteiger partial charge in [0.15, 0.2) is 0 Å². The van der Waals surface area contributed by atoms with Crippen LogP contribution in [0.15, 0.2) is 24.4 Å². The van der Waals surface area contributed by atoms with E-state index in [9.17, 15) is 8.78 Å². The summed E-state index contributed by atoms with van der Waals surface area (Å²) < 4.78 is 26.2. The maximum atomic E-state index is 13.1. The van der Waals surface area contributed by atoms with Crippen LogP contribution in [-0.2, 0) is 18.2 Å². The minimum absolute atomic E-state index is 0.324. The van der Waals surface area contributed by atoms with Crippen LogP contribution < -0.4 is 0 Å². The molecule has 0 amide bonds. The van der Waals surface area contributed by atoms with Gasteiger partial charge in [0.2, 0.25) is 0 Å². The molecule has 1 aromatic heterocycles. The first-order valence-corrected chi connectivity index (χ1v) is 7.09. The SMILES string of the molecule is CCc1nc(Cc2cc(F)cc(F)c2)ncc1CBr. The minimum Gasteiger partial charge on any atom is -0.241 e. The van der Waals surface area contributed by atoms with Crippen molar-refractivity contribution in [3.63, 3.8) is 0 Å². The summed E-state index contributed by atoms with van der Waals surface area (Å²) in [5, 5.41) is 0.699. The minimum atomic E-state index is -0.581. The number of benzene rings is 1. The van der Waals surface area contributed by atoms with Crippen molar-refractivity contribution >= 4 is 15.9 Å². The van der Waals surface area contributed by atoms with Crippen LogP contribution in [0.3, 0.4) is 0 Å². The first kappa shape index (κ1) is 14.1. The summed E-state index contributed by atoms with van der Waals surface area (Å²) in [7, 11) is 0. The van der Waals surface area contributed by atoms with Crippen molar-refractivity contribution in [2.45, 2.75) is 25.1 Å². The maximum absolute atomic E-state index is 13.1. The molecule has 2 aromatic rings. The summed E-state index contributed by atoms with van der Waals surface area (Å²) in [6.45, 7) is 2.01. The monoisotopic (exact) mass is 326 g/mol. The van der Waals surface area contributed by atoms with Crippen molar-refractivity contribution in [2.24, 2.45) is 0 Å². The zero-order valence-corrected chi connectivity index (χ0v) is 12.0. The topological polar surface area (TPSA) is 25.8 Å². The molecule has 0 fully saturated rings. The number of alkyl halides is 1. The first-order chi connectivity index (χ1) is 9.12. The van der Waals surface area contributed by atoms with E-state index in [-0.39, 0.29) is 0 Å². The fourth-order valence-electron chi connectivity index (χ4n) is 1.88. The van der Waals surface area contributed by atoms with Crippen LogP contribution in [0, 0.1) is 11.6 Å². The predicted molar refractivity (Wildman–Crippen MR) is 73.2 cm³/mol. The van der Waals surface area contributed by atoms with E-state index >= 15 is 0 Å². The van der Waals surface area contributed by atoms with E-state index in [0.717, 1.165) is 23.7 Å². The Kier molecular flexibility index (Phi) is 4.58. The molecule has 5 heteroatoms. The van der Waals surface area contributed by atoms with E-state index in [1.165, 1.54) is 12.1 Å². The van der Waals surface area contributed by atoms with Crippen molar-refractivity contribution in [2.75, 3.05) is 0 Å². The van der Waals surface area contributed by atoms with Gasteiger partial charge in [0, 0.05) is 35.3 Å². The fourth-order valence-corrected chi connectivity index (χ4v) is 2.35. The van der Waals surface area contributed by atoms with Crippen LogP contribution in [0.2, 0.25) is 0 Å². The van der Waals surface area contributed by atoms with Gasteiger partial charge in [-0.1, -0.05) is 22.9 Å². The van der Waals surface area contributed by atoms with Gasteiger partial charge in [0.05, 0.1) is 0 Å². The molecule has 0 aliphatic rings. The largest absolute Gasteiger partial charge is 0.241 e. The molecular weight excluding hydrogens is 314 g/mol. The Hall–Kier alpha value is -1.36. The third-order valence-corrected chi connectivity index (χ3v) is 3.37. The summed E-state index contributed by atoms with van der Waals surface area (Å²) in [5.41, 5.74) is 2.53. The molecule has 0 aliphatic carbocycles. The number of hydrogen-bond donors (Lipinski definition) is 0. The highest BCUT2D eigenvalue weighted by Crippen LogP contribution is 2.14. The molecule has 2 rings (SSSR count). The molecule has 1 aromatic carbocycles. The van der Waals surface area contributed by atoms with Crippen LogP contribution in [0.25, 0.3) is 0 Å². The summed E-state index contributed by atoms with van der Waals surface area (Å²) in [5.74, 6) is -0.586. The average molecular weight is 327 g/mol.